The fraction of sp³-hybridized carbons (Fsp3) is 0.500. The van der Waals surface area contributed by atoms with Gasteiger partial charge >= 0.3 is 5.97 Å². The highest BCUT2D eigenvalue weighted by Gasteiger charge is 2.44. The molecule has 1 fully saturated rings. The average molecular weight is 399 g/mol. The smallest absolute Gasteiger partial charge is 0.317 e. The van der Waals surface area contributed by atoms with E-state index in [1.165, 1.54) is 18.6 Å². The Morgan fingerprint density at radius 3 is 2.48 bits per heavy atom. The van der Waals surface area contributed by atoms with Gasteiger partial charge < -0.3 is 5.11 Å². The van der Waals surface area contributed by atoms with Gasteiger partial charge in [-0.05, 0) is 36.3 Å². The van der Waals surface area contributed by atoms with Gasteiger partial charge in [0.2, 0.25) is 0 Å². The van der Waals surface area contributed by atoms with Gasteiger partial charge in [-0.2, -0.15) is 5.26 Å². The number of aliphatic carboxylic acids is 1. The van der Waals surface area contributed by atoms with Gasteiger partial charge in [0.05, 0.1) is 17.0 Å². The summed E-state index contributed by atoms with van der Waals surface area (Å²) in [5, 5.41) is 18.7. The summed E-state index contributed by atoms with van der Waals surface area (Å²) in [5.41, 5.74) is -0.745. The molecule has 0 amide bonds. The highest BCUT2D eigenvalue weighted by molar-refractivity contribution is 5.76. The quantitative estimate of drug-likeness (QED) is 0.578. The zero-order chi connectivity index (χ0) is 21.0. The van der Waals surface area contributed by atoms with E-state index in [9.17, 15) is 19.6 Å². The minimum absolute atomic E-state index is 0.281. The molecule has 29 heavy (non-hydrogen) atoms. The Labute approximate surface area is 170 Å². The molecule has 0 radical (unpaired) electrons. The molecule has 1 aromatic carbocycles. The number of nitrogens with zero attached hydrogens (tertiary/aromatic N) is 1. The summed E-state index contributed by atoms with van der Waals surface area (Å²) < 4.78 is 30.2. The van der Waals surface area contributed by atoms with Gasteiger partial charge in [0, 0.05) is 0 Å². The van der Waals surface area contributed by atoms with Crippen molar-refractivity contribution in [1.82, 2.24) is 0 Å². The molecular weight excluding hydrogens is 372 g/mol. The molecule has 3 nitrogen and oxygen atoms in total. The molecule has 0 saturated heterocycles. The molecule has 5 heteroatoms. The van der Waals surface area contributed by atoms with Crippen molar-refractivity contribution in [3.8, 4) is 6.07 Å². The number of halogens is 2. The van der Waals surface area contributed by atoms with Crippen LogP contribution in [0.5, 0.6) is 0 Å². The molecule has 0 spiro atoms. The average Bonchev–Trinajstić information content (AvgIpc) is 2.75. The van der Waals surface area contributed by atoms with Crippen molar-refractivity contribution in [3.63, 3.8) is 0 Å². The Kier molecular flexibility index (Phi) is 6.52. The first kappa shape index (κ1) is 21.2. The van der Waals surface area contributed by atoms with Gasteiger partial charge in [-0.3, -0.25) is 4.79 Å². The van der Waals surface area contributed by atoms with E-state index in [-0.39, 0.29) is 5.56 Å². The van der Waals surface area contributed by atoms with E-state index in [4.69, 9.17) is 0 Å². The zero-order valence-electron chi connectivity index (χ0n) is 16.7. The van der Waals surface area contributed by atoms with Crippen LogP contribution in [0.3, 0.4) is 0 Å². The Hall–Kier alpha value is -2.48. The fourth-order valence-corrected chi connectivity index (χ4v) is 4.82. The number of carboxylic acid groups (broad SMARTS) is 1. The van der Waals surface area contributed by atoms with Crippen LogP contribution in [0.4, 0.5) is 8.78 Å². The zero-order valence-corrected chi connectivity index (χ0v) is 16.7. The number of carboxylic acids is 1. The third-order valence-electron chi connectivity index (χ3n) is 6.73. The van der Waals surface area contributed by atoms with Crippen LogP contribution >= 0.6 is 0 Å². The minimum Gasteiger partial charge on any atom is -0.480 e. The Bertz CT molecular complexity index is 862. The summed E-state index contributed by atoms with van der Waals surface area (Å²) in [6, 6.07) is 8.70. The van der Waals surface area contributed by atoms with Gasteiger partial charge in [-0.15, -0.1) is 0 Å². The second-order valence-corrected chi connectivity index (χ2v) is 8.30. The van der Waals surface area contributed by atoms with Crippen molar-refractivity contribution in [2.75, 3.05) is 0 Å². The van der Waals surface area contributed by atoms with Crippen LogP contribution in [0.15, 0.2) is 48.1 Å². The Morgan fingerprint density at radius 1 is 1.21 bits per heavy atom. The fourth-order valence-electron chi connectivity index (χ4n) is 4.82. The van der Waals surface area contributed by atoms with E-state index in [0.717, 1.165) is 31.6 Å². The van der Waals surface area contributed by atoms with Crippen molar-refractivity contribution >= 4 is 5.97 Å². The standard InChI is InChI=1S/C24H27F2NO2/c1-2-16-7-9-17(10-8-16)11-13-24(20-6-4-3-5-18(20)15-27)14-12-19(23(28)29)21(25)22(24)26/h3-6,12,14,16-17,19H,2,7-11,13H2,1H3,(H,28,29). The summed E-state index contributed by atoms with van der Waals surface area (Å²) in [7, 11) is 0. The van der Waals surface area contributed by atoms with Crippen molar-refractivity contribution in [2.24, 2.45) is 17.8 Å². The molecule has 3 rings (SSSR count). The monoisotopic (exact) mass is 399 g/mol. The van der Waals surface area contributed by atoms with Crippen molar-refractivity contribution < 1.29 is 18.7 Å². The first-order valence-electron chi connectivity index (χ1n) is 10.4. The van der Waals surface area contributed by atoms with Crippen molar-refractivity contribution in [3.05, 3.63) is 59.2 Å². The van der Waals surface area contributed by atoms with Crippen LogP contribution in [-0.2, 0) is 10.2 Å². The molecular formula is C24H27F2NO2. The molecule has 0 bridgehead atoms. The minimum atomic E-state index is -1.61. The topological polar surface area (TPSA) is 61.1 Å². The molecule has 154 valence electrons. The maximum atomic E-state index is 15.5. The number of benzene rings is 1. The lowest BCUT2D eigenvalue weighted by molar-refractivity contribution is -0.139. The second kappa shape index (κ2) is 8.90. The van der Waals surface area contributed by atoms with Gasteiger partial charge in [0.15, 0.2) is 5.83 Å². The number of nitriles is 1. The normalized spacial score (nSPS) is 29.5. The highest BCUT2D eigenvalue weighted by Crippen LogP contribution is 2.48. The number of allylic oxidation sites excluding steroid dienone is 2. The van der Waals surface area contributed by atoms with Crippen LogP contribution in [0, 0.1) is 29.1 Å². The number of hydrogen-bond donors (Lipinski definition) is 1. The molecule has 1 N–H and O–H groups in total. The first-order chi connectivity index (χ1) is 13.9. The largest absolute Gasteiger partial charge is 0.480 e. The summed E-state index contributed by atoms with van der Waals surface area (Å²) >= 11 is 0. The van der Waals surface area contributed by atoms with Crippen LogP contribution < -0.4 is 0 Å². The highest BCUT2D eigenvalue weighted by atomic mass is 19.2. The lowest BCUT2D eigenvalue weighted by Gasteiger charge is -2.36. The summed E-state index contributed by atoms with van der Waals surface area (Å²) in [5.74, 6) is -4.18. The molecule has 2 aliphatic rings. The molecule has 1 aromatic rings. The number of carbonyl (C=O) groups is 1. The molecule has 2 unspecified atom stereocenters. The second-order valence-electron chi connectivity index (χ2n) is 8.30. The van der Waals surface area contributed by atoms with Gasteiger partial charge in [-0.1, -0.05) is 69.4 Å². The summed E-state index contributed by atoms with van der Waals surface area (Å²) in [6.07, 6.45) is 9.36. The molecule has 0 aliphatic heterocycles. The maximum absolute atomic E-state index is 15.5. The lowest BCUT2D eigenvalue weighted by Crippen LogP contribution is -2.33. The van der Waals surface area contributed by atoms with Crippen LogP contribution in [-0.4, -0.2) is 11.1 Å². The summed E-state index contributed by atoms with van der Waals surface area (Å²) in [6.45, 7) is 2.20. The van der Waals surface area contributed by atoms with Crippen LogP contribution in [0.2, 0.25) is 0 Å². The van der Waals surface area contributed by atoms with E-state index < -0.39 is 29.0 Å². The van der Waals surface area contributed by atoms with E-state index in [1.807, 2.05) is 0 Å². The molecule has 1 saturated carbocycles. The van der Waals surface area contributed by atoms with Crippen LogP contribution in [0.1, 0.15) is 63.0 Å². The maximum Gasteiger partial charge on any atom is 0.317 e. The van der Waals surface area contributed by atoms with E-state index >= 15 is 4.39 Å². The SMILES string of the molecule is CCC1CCC(CCC2(c3ccccc3C#N)C=CC(C(=O)O)C(F)=C2F)CC1. The Balaban J connectivity index is 1.95. The third kappa shape index (κ3) is 4.12. The van der Waals surface area contributed by atoms with Gasteiger partial charge in [0.25, 0.3) is 0 Å². The van der Waals surface area contributed by atoms with Crippen LogP contribution in [0.25, 0.3) is 0 Å². The number of hydrogen-bond acceptors (Lipinski definition) is 2. The lowest BCUT2D eigenvalue weighted by atomic mass is 9.68. The molecule has 2 aliphatic carbocycles. The van der Waals surface area contributed by atoms with E-state index in [1.54, 1.807) is 24.3 Å². The van der Waals surface area contributed by atoms with Gasteiger partial charge in [0.1, 0.15) is 11.7 Å². The first-order valence-corrected chi connectivity index (χ1v) is 10.4. The Morgan fingerprint density at radius 2 is 1.86 bits per heavy atom. The van der Waals surface area contributed by atoms with Crippen molar-refractivity contribution in [1.29, 1.82) is 5.26 Å². The number of rotatable bonds is 6. The predicted molar refractivity (Wildman–Crippen MR) is 107 cm³/mol. The molecule has 2 atom stereocenters. The predicted octanol–water partition coefficient (Wildman–Crippen LogP) is 6.21. The molecule has 0 aromatic heterocycles. The van der Waals surface area contributed by atoms with Crippen molar-refractivity contribution in [2.45, 2.75) is 57.3 Å². The summed E-state index contributed by atoms with van der Waals surface area (Å²) in [4.78, 5) is 11.3. The molecule has 0 heterocycles. The third-order valence-corrected chi connectivity index (χ3v) is 6.73. The van der Waals surface area contributed by atoms with E-state index in [0.29, 0.717) is 24.3 Å². The van der Waals surface area contributed by atoms with E-state index in [2.05, 4.69) is 13.0 Å². The van der Waals surface area contributed by atoms with Gasteiger partial charge in [-0.25, -0.2) is 8.78 Å².